The number of nitrogens with one attached hydrogen (secondary N) is 2. The second-order valence-electron chi connectivity index (χ2n) is 10.1. The molecule has 3 aliphatic carbocycles. The molecule has 1 aromatic rings. The second kappa shape index (κ2) is 8.43. The normalized spacial score (nSPS) is 23.0. The Kier molecular flexibility index (Phi) is 6.52. The van der Waals surface area contributed by atoms with Crippen LogP contribution in [0.15, 0.2) is 6.07 Å². The molecule has 0 unspecified atom stereocenters. The summed E-state index contributed by atoms with van der Waals surface area (Å²) in [6, 6.07) is 2.19. The molecule has 1 aromatic carbocycles. The number of sulfonamides is 1. The van der Waals surface area contributed by atoms with E-state index in [1.165, 1.54) is 22.3 Å². The van der Waals surface area contributed by atoms with Crippen molar-refractivity contribution in [2.75, 3.05) is 18.4 Å². The number of benzene rings is 1. The van der Waals surface area contributed by atoms with E-state index < -0.39 is 21.3 Å². The Balaban J connectivity index is 0.00000218. The van der Waals surface area contributed by atoms with Gasteiger partial charge >= 0.3 is 6.03 Å². The van der Waals surface area contributed by atoms with Gasteiger partial charge in [-0.15, -0.1) is 0 Å². The first-order valence-electron chi connectivity index (χ1n) is 10.9. The van der Waals surface area contributed by atoms with Gasteiger partial charge in [-0.2, -0.15) is 0 Å². The maximum atomic E-state index is 12.7. The van der Waals surface area contributed by atoms with Crippen molar-refractivity contribution in [1.82, 2.24) is 9.62 Å². The third-order valence-corrected chi connectivity index (χ3v) is 9.00. The van der Waals surface area contributed by atoms with Crippen molar-refractivity contribution in [2.24, 2.45) is 5.41 Å². The summed E-state index contributed by atoms with van der Waals surface area (Å²) in [6.07, 6.45) is 8.46. The minimum Gasteiger partial charge on any atom is -0.307 e. The molecule has 0 aromatic heterocycles. The molecule has 1 aliphatic heterocycles. The summed E-state index contributed by atoms with van der Waals surface area (Å²) < 4.78 is 27.7. The van der Waals surface area contributed by atoms with E-state index in [1.54, 1.807) is 0 Å². The number of carbonyl (C=O) groups excluding carboxylic acids is 1. The summed E-state index contributed by atoms with van der Waals surface area (Å²) in [5, 5.41) is 2.43. The first-order valence-corrected chi connectivity index (χ1v) is 12.5. The number of rotatable bonds is 4. The van der Waals surface area contributed by atoms with E-state index in [0.29, 0.717) is 24.5 Å². The molecule has 0 atom stereocenters. The summed E-state index contributed by atoms with van der Waals surface area (Å²) in [5.41, 5.74) is 6.32. The van der Waals surface area contributed by atoms with E-state index in [4.69, 9.17) is 0 Å². The van der Waals surface area contributed by atoms with Crippen molar-refractivity contribution >= 4 is 73.1 Å². The molecule has 0 spiro atoms. The third-order valence-electron chi connectivity index (χ3n) is 7.35. The molecule has 6 nitrogen and oxygen atoms in total. The van der Waals surface area contributed by atoms with Gasteiger partial charge in [0.25, 0.3) is 0 Å². The Morgan fingerprint density at radius 2 is 1.60 bits per heavy atom. The summed E-state index contributed by atoms with van der Waals surface area (Å²) in [5.74, 6) is 0. The molecule has 4 aliphatic rings. The second-order valence-corrected chi connectivity index (χ2v) is 12.1. The summed E-state index contributed by atoms with van der Waals surface area (Å²) in [4.78, 5) is 14.9. The summed E-state index contributed by atoms with van der Waals surface area (Å²) in [6.45, 7) is 5.56. The topological polar surface area (TPSA) is 78.5 Å². The molecule has 1 saturated carbocycles. The van der Waals surface area contributed by atoms with Gasteiger partial charge in [-0.3, -0.25) is 4.90 Å². The van der Waals surface area contributed by atoms with Crippen LogP contribution in [0.5, 0.6) is 0 Å². The fraction of sp³-hybridized carbons (Fsp3) is 0.682. The molecule has 0 bridgehead atoms. The SMILES string of the molecule is CC1(C)CC(N2CC(S(=O)(=O)NC(=O)Nc3c4c(cc5c3CCC5)CCC4)C2)C1.[K]. The minimum absolute atomic E-state index is 0. The standard InChI is InChI=1S/C22H31N3O3S.K/c1-22(2)10-16(11-22)25-12-17(13-25)29(27,28)24-21(26)23-20-18-7-3-5-14(18)9-15-6-4-8-19(15)20;/h9,16-17H,3-8,10-13H2,1-2H3,(H2,23,24,26);. The minimum atomic E-state index is -3.65. The quantitative estimate of drug-likeness (QED) is 0.683. The number of anilines is 1. The number of fused-ring (bicyclic) bond motifs is 2. The van der Waals surface area contributed by atoms with E-state index in [-0.39, 0.29) is 51.4 Å². The van der Waals surface area contributed by atoms with E-state index in [1.807, 2.05) is 0 Å². The third kappa shape index (κ3) is 4.30. The number of carbonyl (C=O) groups is 1. The van der Waals surface area contributed by atoms with Crippen LogP contribution in [0.1, 0.15) is 61.8 Å². The number of urea groups is 1. The molecule has 30 heavy (non-hydrogen) atoms. The summed E-state index contributed by atoms with van der Waals surface area (Å²) in [7, 11) is -3.65. The van der Waals surface area contributed by atoms with Crippen LogP contribution in [0, 0.1) is 5.41 Å². The summed E-state index contributed by atoms with van der Waals surface area (Å²) >= 11 is 0. The van der Waals surface area contributed by atoms with Crippen LogP contribution >= 0.6 is 0 Å². The van der Waals surface area contributed by atoms with E-state index in [2.05, 4.69) is 34.9 Å². The largest absolute Gasteiger partial charge is 0.332 e. The Morgan fingerprint density at radius 1 is 1.03 bits per heavy atom. The number of nitrogens with zero attached hydrogens (tertiary/aromatic N) is 1. The van der Waals surface area contributed by atoms with Crippen molar-refractivity contribution in [3.63, 3.8) is 0 Å². The number of hydrogen-bond acceptors (Lipinski definition) is 4. The van der Waals surface area contributed by atoms with E-state index >= 15 is 0 Å². The average Bonchev–Trinajstić information content (AvgIpc) is 3.19. The van der Waals surface area contributed by atoms with Gasteiger partial charge in [0, 0.05) is 76.2 Å². The molecule has 2 N–H and O–H groups in total. The van der Waals surface area contributed by atoms with Gasteiger partial charge in [0.1, 0.15) is 5.25 Å². The van der Waals surface area contributed by atoms with Crippen molar-refractivity contribution in [1.29, 1.82) is 0 Å². The number of likely N-dealkylation sites (tertiary alicyclic amines) is 1. The fourth-order valence-electron chi connectivity index (χ4n) is 5.76. The Bertz CT molecular complexity index is 930. The average molecular weight is 457 g/mol. The molecule has 2 amide bonds. The van der Waals surface area contributed by atoms with Crippen LogP contribution in [-0.4, -0.2) is 95.1 Å². The Hall–Kier alpha value is 0.0364. The van der Waals surface area contributed by atoms with Crippen LogP contribution < -0.4 is 10.0 Å². The van der Waals surface area contributed by atoms with Gasteiger partial charge in [0.05, 0.1) is 0 Å². The number of aryl methyl sites for hydroxylation is 2. The smallest absolute Gasteiger partial charge is 0.307 e. The predicted molar refractivity (Wildman–Crippen MR) is 119 cm³/mol. The van der Waals surface area contributed by atoms with Crippen molar-refractivity contribution in [3.8, 4) is 0 Å². The first kappa shape index (κ1) is 23.2. The van der Waals surface area contributed by atoms with Crippen LogP contribution in [0.25, 0.3) is 0 Å². The van der Waals surface area contributed by atoms with Gasteiger partial charge in [-0.25, -0.2) is 17.9 Å². The molecule has 1 saturated heterocycles. The van der Waals surface area contributed by atoms with Gasteiger partial charge in [-0.1, -0.05) is 19.9 Å². The van der Waals surface area contributed by atoms with Crippen molar-refractivity contribution in [3.05, 3.63) is 28.3 Å². The van der Waals surface area contributed by atoms with Crippen LogP contribution in [0.2, 0.25) is 0 Å². The fourth-order valence-corrected chi connectivity index (χ4v) is 7.01. The molecular weight excluding hydrogens is 425 g/mol. The van der Waals surface area contributed by atoms with Crippen molar-refractivity contribution in [2.45, 2.75) is 76.5 Å². The molecule has 5 rings (SSSR count). The van der Waals surface area contributed by atoms with Gasteiger partial charge in [-0.05, 0) is 79.0 Å². The molecular formula is C22H31KN3O3S. The maximum absolute atomic E-state index is 12.7. The maximum Gasteiger partial charge on any atom is 0.332 e. The van der Waals surface area contributed by atoms with E-state index in [9.17, 15) is 13.2 Å². The Labute approximate surface area is 222 Å². The Morgan fingerprint density at radius 3 is 2.13 bits per heavy atom. The molecule has 2 fully saturated rings. The molecule has 1 radical (unpaired) electrons. The predicted octanol–water partition coefficient (Wildman–Crippen LogP) is 2.61. The van der Waals surface area contributed by atoms with Gasteiger partial charge in [0.2, 0.25) is 10.0 Å². The molecule has 159 valence electrons. The van der Waals surface area contributed by atoms with Gasteiger partial charge < -0.3 is 5.32 Å². The van der Waals surface area contributed by atoms with Crippen LogP contribution in [-0.2, 0) is 35.7 Å². The van der Waals surface area contributed by atoms with Gasteiger partial charge in [0.15, 0.2) is 0 Å². The monoisotopic (exact) mass is 456 g/mol. The number of amides is 2. The number of hydrogen-bond donors (Lipinski definition) is 2. The molecule has 1 heterocycles. The zero-order chi connectivity index (χ0) is 20.4. The van der Waals surface area contributed by atoms with E-state index in [0.717, 1.165) is 57.1 Å². The molecule has 8 heteroatoms. The zero-order valence-electron chi connectivity index (χ0n) is 18.4. The van der Waals surface area contributed by atoms with Crippen molar-refractivity contribution < 1.29 is 13.2 Å². The van der Waals surface area contributed by atoms with Crippen LogP contribution in [0.4, 0.5) is 10.5 Å². The first-order chi connectivity index (χ1) is 13.7. The zero-order valence-corrected chi connectivity index (χ0v) is 22.3. The van der Waals surface area contributed by atoms with Crippen LogP contribution in [0.3, 0.4) is 0 Å².